The Labute approximate surface area is 261 Å². The number of benzene rings is 3. The van der Waals surface area contributed by atoms with Crippen molar-refractivity contribution in [1.29, 1.82) is 0 Å². The molecule has 1 aromatic heterocycles. The number of methoxy groups -OCH3 is 1. The molecule has 0 spiro atoms. The molecule has 2 amide bonds. The van der Waals surface area contributed by atoms with E-state index < -0.39 is 42.0 Å². The standard InChI is InChI=1S/C33H30F3N3O7/c1-20-15-23(26-5-3-4-6-27(26)37-20)18-44-25-13-9-22(10-14-25)30(41)38-32(17-29(40)39-46-31(42)33(34,35)36)16-28(45-19-32)21-7-11-24(43-2)12-8-21/h3-15,28H,16-19H2,1-2H3,(H,38,41)(H,39,40). The van der Waals surface area contributed by atoms with E-state index in [9.17, 15) is 27.6 Å². The summed E-state index contributed by atoms with van der Waals surface area (Å²) in [4.78, 5) is 45.5. The normalized spacial score (nSPS) is 17.7. The Bertz CT molecular complexity index is 1730. The number of amides is 2. The summed E-state index contributed by atoms with van der Waals surface area (Å²) in [6.45, 7) is 2.04. The quantitative estimate of drug-likeness (QED) is 0.238. The second-order valence-electron chi connectivity index (χ2n) is 10.9. The zero-order chi connectivity index (χ0) is 32.9. The van der Waals surface area contributed by atoms with Crippen molar-refractivity contribution in [3.63, 3.8) is 0 Å². The van der Waals surface area contributed by atoms with Crippen LogP contribution in [0.15, 0.2) is 78.9 Å². The number of carbonyl (C=O) groups is 3. The maximum Gasteiger partial charge on any atom is 0.493 e. The largest absolute Gasteiger partial charge is 0.497 e. The van der Waals surface area contributed by atoms with E-state index >= 15 is 0 Å². The third-order valence-electron chi connectivity index (χ3n) is 7.43. The molecule has 3 aromatic carbocycles. The molecule has 46 heavy (non-hydrogen) atoms. The van der Waals surface area contributed by atoms with E-state index in [1.165, 1.54) is 12.6 Å². The summed E-state index contributed by atoms with van der Waals surface area (Å²) in [5.41, 5.74) is 3.83. The van der Waals surface area contributed by atoms with Crippen LogP contribution in [0.1, 0.15) is 46.1 Å². The number of alkyl halides is 3. The fourth-order valence-electron chi connectivity index (χ4n) is 5.22. The van der Waals surface area contributed by atoms with Crippen molar-refractivity contribution < 1.29 is 46.6 Å². The Kier molecular flexibility index (Phi) is 9.42. The van der Waals surface area contributed by atoms with Gasteiger partial charge in [-0.2, -0.15) is 18.7 Å². The Morgan fingerprint density at radius 3 is 2.39 bits per heavy atom. The lowest BCUT2D eigenvalue weighted by Crippen LogP contribution is -2.52. The number of para-hydroxylation sites is 1. The van der Waals surface area contributed by atoms with Gasteiger partial charge in [0.05, 0.1) is 37.3 Å². The summed E-state index contributed by atoms with van der Waals surface area (Å²) in [5.74, 6) is -3.06. The first kappa shape index (κ1) is 32.2. The lowest BCUT2D eigenvalue weighted by atomic mass is 9.89. The molecule has 0 aliphatic carbocycles. The fraction of sp³-hybridized carbons (Fsp3) is 0.273. The molecule has 0 saturated carbocycles. The van der Waals surface area contributed by atoms with E-state index in [1.54, 1.807) is 48.5 Å². The van der Waals surface area contributed by atoms with E-state index in [1.807, 2.05) is 37.3 Å². The second kappa shape index (κ2) is 13.4. The molecule has 5 rings (SSSR count). The van der Waals surface area contributed by atoms with E-state index in [0.29, 0.717) is 11.5 Å². The van der Waals surface area contributed by atoms with Gasteiger partial charge in [-0.3, -0.25) is 14.6 Å². The number of hydrogen-bond donors (Lipinski definition) is 2. The highest BCUT2D eigenvalue weighted by Gasteiger charge is 2.45. The number of rotatable bonds is 9. The fourth-order valence-corrected chi connectivity index (χ4v) is 5.22. The molecule has 13 heteroatoms. The number of fused-ring (bicyclic) bond motifs is 1. The van der Waals surface area contributed by atoms with Crippen LogP contribution in [0.3, 0.4) is 0 Å². The van der Waals surface area contributed by atoms with Crippen molar-refractivity contribution in [1.82, 2.24) is 15.8 Å². The van der Waals surface area contributed by atoms with E-state index in [-0.39, 0.29) is 25.2 Å². The molecule has 1 saturated heterocycles. The third-order valence-corrected chi connectivity index (χ3v) is 7.43. The van der Waals surface area contributed by atoms with Gasteiger partial charge in [0, 0.05) is 28.6 Å². The van der Waals surface area contributed by atoms with Crippen molar-refractivity contribution in [2.24, 2.45) is 0 Å². The summed E-state index contributed by atoms with van der Waals surface area (Å²) in [6, 6.07) is 23.0. The van der Waals surface area contributed by atoms with Crippen LogP contribution in [-0.2, 0) is 25.8 Å². The number of ether oxygens (including phenoxy) is 3. The zero-order valence-electron chi connectivity index (χ0n) is 24.9. The number of pyridine rings is 1. The van der Waals surface area contributed by atoms with E-state index in [2.05, 4.69) is 15.1 Å². The third kappa shape index (κ3) is 7.72. The van der Waals surface area contributed by atoms with Crippen LogP contribution in [0.4, 0.5) is 13.2 Å². The maximum absolute atomic E-state index is 13.4. The lowest BCUT2D eigenvalue weighted by molar-refractivity contribution is -0.207. The first-order chi connectivity index (χ1) is 21.9. The average Bonchev–Trinajstić information content (AvgIpc) is 3.45. The Morgan fingerprint density at radius 2 is 1.70 bits per heavy atom. The van der Waals surface area contributed by atoms with Gasteiger partial charge < -0.3 is 24.4 Å². The van der Waals surface area contributed by atoms with Crippen LogP contribution in [0.5, 0.6) is 11.5 Å². The monoisotopic (exact) mass is 637 g/mol. The predicted molar refractivity (Wildman–Crippen MR) is 159 cm³/mol. The van der Waals surface area contributed by atoms with Crippen molar-refractivity contribution >= 4 is 28.7 Å². The van der Waals surface area contributed by atoms with Gasteiger partial charge in [-0.25, -0.2) is 4.79 Å². The summed E-state index contributed by atoms with van der Waals surface area (Å²) >= 11 is 0. The van der Waals surface area contributed by atoms with Crippen LogP contribution in [0.2, 0.25) is 0 Å². The van der Waals surface area contributed by atoms with E-state index in [0.717, 1.165) is 27.7 Å². The van der Waals surface area contributed by atoms with Crippen LogP contribution >= 0.6 is 0 Å². The molecule has 4 aromatic rings. The van der Waals surface area contributed by atoms with Crippen molar-refractivity contribution in [2.45, 2.75) is 44.2 Å². The molecule has 0 bridgehead atoms. The number of hydrogen-bond acceptors (Lipinski definition) is 8. The van der Waals surface area contributed by atoms with Crippen LogP contribution in [0.25, 0.3) is 10.9 Å². The number of nitrogens with zero attached hydrogens (tertiary/aromatic N) is 1. The molecule has 1 aliphatic rings. The maximum atomic E-state index is 13.4. The highest BCUT2D eigenvalue weighted by Crippen LogP contribution is 2.38. The number of nitrogens with one attached hydrogen (secondary N) is 2. The molecule has 2 unspecified atom stereocenters. The molecule has 2 heterocycles. The van der Waals surface area contributed by atoms with Crippen LogP contribution in [0, 0.1) is 6.92 Å². The van der Waals surface area contributed by atoms with Crippen molar-refractivity contribution in [3.05, 3.63) is 101 Å². The van der Waals surface area contributed by atoms with E-state index in [4.69, 9.17) is 14.2 Å². The smallest absolute Gasteiger partial charge is 0.493 e. The minimum atomic E-state index is -5.30. The Balaban J connectivity index is 1.28. The summed E-state index contributed by atoms with van der Waals surface area (Å²) in [6.07, 6.45) is -6.28. The SMILES string of the molecule is COc1ccc(C2CC(CC(=O)NOC(=O)C(F)(F)F)(NC(=O)c3ccc(OCc4cc(C)nc5ccccc45)cc3)CO2)cc1. The molecule has 1 fully saturated rings. The Morgan fingerprint density at radius 1 is 1.00 bits per heavy atom. The molecular weight excluding hydrogens is 607 g/mol. The highest BCUT2D eigenvalue weighted by atomic mass is 19.4. The first-order valence-electron chi connectivity index (χ1n) is 14.2. The van der Waals surface area contributed by atoms with Gasteiger partial charge in [-0.05, 0) is 61.0 Å². The molecule has 2 N–H and O–H groups in total. The number of aromatic nitrogens is 1. The Hall–Kier alpha value is -5.17. The van der Waals surface area contributed by atoms with Gasteiger partial charge >= 0.3 is 12.1 Å². The summed E-state index contributed by atoms with van der Waals surface area (Å²) in [7, 11) is 1.52. The second-order valence-corrected chi connectivity index (χ2v) is 10.9. The highest BCUT2D eigenvalue weighted by molar-refractivity contribution is 5.95. The molecule has 1 aliphatic heterocycles. The minimum absolute atomic E-state index is 0.103. The number of halogens is 3. The summed E-state index contributed by atoms with van der Waals surface area (Å²) < 4.78 is 54.7. The predicted octanol–water partition coefficient (Wildman–Crippen LogP) is 5.29. The number of carbonyl (C=O) groups excluding carboxylic acids is 3. The minimum Gasteiger partial charge on any atom is -0.497 e. The van der Waals surface area contributed by atoms with Crippen molar-refractivity contribution in [3.8, 4) is 11.5 Å². The molecular formula is C33H30F3N3O7. The van der Waals surface area contributed by atoms with Gasteiger partial charge in [-0.1, -0.05) is 30.3 Å². The zero-order valence-corrected chi connectivity index (χ0v) is 24.9. The van der Waals surface area contributed by atoms with Crippen LogP contribution < -0.4 is 20.3 Å². The molecule has 240 valence electrons. The molecule has 10 nitrogen and oxygen atoms in total. The van der Waals surface area contributed by atoms with Gasteiger partial charge in [-0.15, -0.1) is 0 Å². The van der Waals surface area contributed by atoms with Crippen molar-refractivity contribution in [2.75, 3.05) is 13.7 Å². The van der Waals surface area contributed by atoms with Gasteiger partial charge in [0.15, 0.2) is 0 Å². The van der Waals surface area contributed by atoms with Gasteiger partial charge in [0.1, 0.15) is 18.1 Å². The van der Waals surface area contributed by atoms with Crippen LogP contribution in [-0.4, -0.2) is 48.2 Å². The first-order valence-corrected chi connectivity index (χ1v) is 14.2. The van der Waals surface area contributed by atoms with Gasteiger partial charge in [0.2, 0.25) is 0 Å². The molecule has 0 radical (unpaired) electrons. The number of hydroxylamine groups is 1. The summed E-state index contributed by atoms with van der Waals surface area (Å²) in [5, 5.41) is 3.79. The average molecular weight is 638 g/mol. The topological polar surface area (TPSA) is 125 Å². The lowest BCUT2D eigenvalue weighted by Gasteiger charge is -2.28. The molecule has 2 atom stereocenters. The van der Waals surface area contributed by atoms with Gasteiger partial charge in [0.25, 0.3) is 11.8 Å². The number of aryl methyl sites for hydroxylation is 1.